The third kappa shape index (κ3) is 5.49. The summed E-state index contributed by atoms with van der Waals surface area (Å²) >= 11 is 3.19. The predicted octanol–water partition coefficient (Wildman–Crippen LogP) is 3.19. The molecular formula is C17H16BrFN2O2. The number of nitrogens with one attached hydrogen (secondary N) is 1. The van der Waals surface area contributed by atoms with Crippen molar-refractivity contribution in [1.82, 2.24) is 0 Å². The zero-order valence-electron chi connectivity index (χ0n) is 12.3. The van der Waals surface area contributed by atoms with E-state index in [2.05, 4.69) is 21.2 Å². The van der Waals surface area contributed by atoms with E-state index in [9.17, 15) is 14.0 Å². The molecule has 0 aromatic heterocycles. The van der Waals surface area contributed by atoms with E-state index in [1.807, 2.05) is 0 Å². The fraction of sp³-hybridized carbons (Fsp3) is 0.176. The quantitative estimate of drug-likeness (QED) is 0.809. The standard InChI is InChI=1S/C17H16BrFN2O2/c18-13-5-3-12(15(19)10-13)4-8-17(23)21-14-6-1-11(2-7-14)9-16(20)22/h1-3,5-7,10H,4,8-9H2,(H2,20,22)(H,21,23). The van der Waals surface area contributed by atoms with Crippen LogP contribution in [0.2, 0.25) is 0 Å². The molecule has 0 radical (unpaired) electrons. The second-order valence-electron chi connectivity index (χ2n) is 5.12. The number of hydrogen-bond acceptors (Lipinski definition) is 2. The minimum absolute atomic E-state index is 0.164. The number of primary amides is 1. The number of carbonyl (C=O) groups excluding carboxylic acids is 2. The molecular weight excluding hydrogens is 363 g/mol. The molecule has 2 amide bonds. The Morgan fingerprint density at radius 1 is 1.13 bits per heavy atom. The number of nitrogens with two attached hydrogens (primary N) is 1. The van der Waals surface area contributed by atoms with Crippen LogP contribution in [0.5, 0.6) is 0 Å². The first kappa shape index (κ1) is 17.1. The van der Waals surface area contributed by atoms with Crippen molar-refractivity contribution in [1.29, 1.82) is 0 Å². The molecule has 0 heterocycles. The molecule has 0 aliphatic heterocycles. The van der Waals surface area contributed by atoms with Crippen molar-refractivity contribution in [3.63, 3.8) is 0 Å². The van der Waals surface area contributed by atoms with Gasteiger partial charge in [0.15, 0.2) is 0 Å². The third-order valence-corrected chi connectivity index (χ3v) is 3.75. The Balaban J connectivity index is 1.88. The monoisotopic (exact) mass is 378 g/mol. The molecule has 0 saturated heterocycles. The molecule has 0 unspecified atom stereocenters. The highest BCUT2D eigenvalue weighted by Crippen LogP contribution is 2.17. The Morgan fingerprint density at radius 3 is 2.43 bits per heavy atom. The third-order valence-electron chi connectivity index (χ3n) is 3.25. The van der Waals surface area contributed by atoms with E-state index in [-0.39, 0.29) is 24.6 Å². The molecule has 2 rings (SSSR count). The molecule has 0 fully saturated rings. The molecule has 0 spiro atoms. The molecule has 23 heavy (non-hydrogen) atoms. The molecule has 6 heteroatoms. The molecule has 2 aromatic rings. The van der Waals surface area contributed by atoms with Crippen LogP contribution in [0.1, 0.15) is 17.5 Å². The molecule has 4 nitrogen and oxygen atoms in total. The van der Waals surface area contributed by atoms with Crippen molar-refractivity contribution in [2.45, 2.75) is 19.3 Å². The van der Waals surface area contributed by atoms with Gasteiger partial charge < -0.3 is 11.1 Å². The lowest BCUT2D eigenvalue weighted by Gasteiger charge is -2.07. The number of halogens is 2. The van der Waals surface area contributed by atoms with Crippen molar-refractivity contribution >= 4 is 33.4 Å². The Hall–Kier alpha value is -2.21. The average Bonchev–Trinajstić information content (AvgIpc) is 2.48. The van der Waals surface area contributed by atoms with Crippen LogP contribution < -0.4 is 11.1 Å². The van der Waals surface area contributed by atoms with Crippen LogP contribution in [-0.2, 0) is 22.4 Å². The lowest BCUT2D eigenvalue weighted by Crippen LogP contribution is -2.14. The number of amides is 2. The van der Waals surface area contributed by atoms with Gasteiger partial charge in [-0.2, -0.15) is 0 Å². The smallest absolute Gasteiger partial charge is 0.224 e. The van der Waals surface area contributed by atoms with Crippen molar-refractivity contribution in [2.75, 3.05) is 5.32 Å². The van der Waals surface area contributed by atoms with Crippen LogP contribution in [0.15, 0.2) is 46.9 Å². The lowest BCUT2D eigenvalue weighted by atomic mass is 10.1. The zero-order chi connectivity index (χ0) is 16.8. The first-order valence-corrected chi connectivity index (χ1v) is 7.84. The Labute approximate surface area is 142 Å². The summed E-state index contributed by atoms with van der Waals surface area (Å²) in [7, 11) is 0. The van der Waals surface area contributed by atoms with E-state index in [0.717, 1.165) is 5.56 Å². The van der Waals surface area contributed by atoms with Gasteiger partial charge in [-0.25, -0.2) is 4.39 Å². The summed E-state index contributed by atoms with van der Waals surface area (Å²) in [5.41, 5.74) is 7.03. The average molecular weight is 379 g/mol. The fourth-order valence-electron chi connectivity index (χ4n) is 2.10. The van der Waals surface area contributed by atoms with Gasteiger partial charge in [0, 0.05) is 16.6 Å². The number of anilines is 1. The summed E-state index contributed by atoms with van der Waals surface area (Å²) < 4.78 is 14.3. The summed E-state index contributed by atoms with van der Waals surface area (Å²) in [5.74, 6) is -0.934. The van der Waals surface area contributed by atoms with Gasteiger partial charge in [-0.05, 0) is 41.8 Å². The van der Waals surface area contributed by atoms with Crippen LogP contribution in [-0.4, -0.2) is 11.8 Å². The van der Waals surface area contributed by atoms with Crippen LogP contribution in [0.3, 0.4) is 0 Å². The normalized spacial score (nSPS) is 10.3. The zero-order valence-corrected chi connectivity index (χ0v) is 13.9. The predicted molar refractivity (Wildman–Crippen MR) is 90.4 cm³/mol. The minimum Gasteiger partial charge on any atom is -0.369 e. The van der Waals surface area contributed by atoms with Crippen LogP contribution >= 0.6 is 15.9 Å². The fourth-order valence-corrected chi connectivity index (χ4v) is 2.44. The highest BCUT2D eigenvalue weighted by atomic mass is 79.9. The summed E-state index contributed by atoms with van der Waals surface area (Å²) in [6.45, 7) is 0. The molecule has 120 valence electrons. The van der Waals surface area contributed by atoms with Gasteiger partial charge in [0.05, 0.1) is 6.42 Å². The largest absolute Gasteiger partial charge is 0.369 e. The molecule has 0 saturated carbocycles. The van der Waals surface area contributed by atoms with Crippen LogP contribution in [0.25, 0.3) is 0 Å². The van der Waals surface area contributed by atoms with Gasteiger partial charge in [-0.3, -0.25) is 9.59 Å². The molecule has 0 atom stereocenters. The maximum absolute atomic E-state index is 13.7. The van der Waals surface area contributed by atoms with E-state index in [1.54, 1.807) is 36.4 Å². The first-order valence-electron chi connectivity index (χ1n) is 7.05. The van der Waals surface area contributed by atoms with Crippen LogP contribution in [0.4, 0.5) is 10.1 Å². The summed E-state index contributed by atoms with van der Waals surface area (Å²) in [5, 5.41) is 2.74. The topological polar surface area (TPSA) is 72.2 Å². The molecule has 2 aromatic carbocycles. The van der Waals surface area contributed by atoms with Crippen molar-refractivity contribution in [2.24, 2.45) is 5.73 Å². The van der Waals surface area contributed by atoms with Crippen molar-refractivity contribution < 1.29 is 14.0 Å². The lowest BCUT2D eigenvalue weighted by molar-refractivity contribution is -0.117. The first-order chi connectivity index (χ1) is 10.9. The van der Waals surface area contributed by atoms with E-state index >= 15 is 0 Å². The van der Waals surface area contributed by atoms with Gasteiger partial charge in [0.25, 0.3) is 0 Å². The van der Waals surface area contributed by atoms with Gasteiger partial charge >= 0.3 is 0 Å². The van der Waals surface area contributed by atoms with Gasteiger partial charge in [-0.1, -0.05) is 34.1 Å². The molecule has 0 aliphatic rings. The summed E-state index contributed by atoms with van der Waals surface area (Å²) in [4.78, 5) is 22.7. The Kier molecular flexibility index (Phi) is 5.87. The van der Waals surface area contributed by atoms with Gasteiger partial charge in [-0.15, -0.1) is 0 Å². The number of benzene rings is 2. The maximum Gasteiger partial charge on any atom is 0.224 e. The number of hydrogen-bond donors (Lipinski definition) is 2. The molecule has 3 N–H and O–H groups in total. The highest BCUT2D eigenvalue weighted by Gasteiger charge is 2.07. The maximum atomic E-state index is 13.7. The highest BCUT2D eigenvalue weighted by molar-refractivity contribution is 9.10. The SMILES string of the molecule is NC(=O)Cc1ccc(NC(=O)CCc2ccc(Br)cc2F)cc1. The van der Waals surface area contributed by atoms with E-state index in [0.29, 0.717) is 22.1 Å². The van der Waals surface area contributed by atoms with Gasteiger partial charge in [0.2, 0.25) is 11.8 Å². The molecule has 0 bridgehead atoms. The number of rotatable bonds is 6. The Morgan fingerprint density at radius 2 is 1.83 bits per heavy atom. The number of aryl methyl sites for hydroxylation is 1. The van der Waals surface area contributed by atoms with E-state index < -0.39 is 5.91 Å². The Bertz CT molecular complexity index is 717. The second-order valence-corrected chi connectivity index (χ2v) is 6.04. The van der Waals surface area contributed by atoms with E-state index in [4.69, 9.17) is 5.73 Å². The summed E-state index contributed by atoms with van der Waals surface area (Å²) in [6.07, 6.45) is 0.670. The van der Waals surface area contributed by atoms with E-state index in [1.165, 1.54) is 6.07 Å². The van der Waals surface area contributed by atoms with Gasteiger partial charge in [0.1, 0.15) is 5.82 Å². The summed E-state index contributed by atoms with van der Waals surface area (Å²) in [6, 6.07) is 11.7. The van der Waals surface area contributed by atoms with Crippen LogP contribution in [0, 0.1) is 5.82 Å². The number of carbonyl (C=O) groups is 2. The van der Waals surface area contributed by atoms with Crippen molar-refractivity contribution in [3.05, 3.63) is 63.9 Å². The van der Waals surface area contributed by atoms with Crippen molar-refractivity contribution in [3.8, 4) is 0 Å². The second kappa shape index (κ2) is 7.87. The minimum atomic E-state index is -0.404. The molecule has 0 aliphatic carbocycles.